The van der Waals surface area contributed by atoms with Gasteiger partial charge in [0.1, 0.15) is 11.5 Å². The SMILES string of the molecule is Cn1nnc(Br)c1C(=O)c1ccc(Cl)c(F)c1. The molecule has 7 heteroatoms. The van der Waals surface area contributed by atoms with Gasteiger partial charge >= 0.3 is 0 Å². The minimum absolute atomic E-state index is 0.0243. The molecule has 0 bridgehead atoms. The number of nitrogens with zero attached hydrogens (tertiary/aromatic N) is 3. The first-order valence-corrected chi connectivity index (χ1v) is 5.72. The molecule has 17 heavy (non-hydrogen) atoms. The Kier molecular flexibility index (Phi) is 3.26. The van der Waals surface area contributed by atoms with Gasteiger partial charge in [-0.1, -0.05) is 16.8 Å². The van der Waals surface area contributed by atoms with Crippen molar-refractivity contribution in [2.24, 2.45) is 7.05 Å². The van der Waals surface area contributed by atoms with Crippen LogP contribution in [0.2, 0.25) is 5.02 Å². The number of rotatable bonds is 2. The number of carbonyl (C=O) groups excluding carboxylic acids is 1. The maximum atomic E-state index is 13.2. The molecule has 0 unspecified atom stereocenters. The van der Waals surface area contributed by atoms with E-state index < -0.39 is 5.82 Å². The first kappa shape index (κ1) is 12.2. The van der Waals surface area contributed by atoms with Crippen molar-refractivity contribution >= 4 is 33.3 Å². The smallest absolute Gasteiger partial charge is 0.213 e. The fourth-order valence-corrected chi connectivity index (χ4v) is 1.97. The number of aromatic nitrogens is 3. The fraction of sp³-hybridized carbons (Fsp3) is 0.100. The Hall–Kier alpha value is -1.27. The van der Waals surface area contributed by atoms with Crippen LogP contribution in [-0.2, 0) is 7.05 Å². The number of hydrogen-bond acceptors (Lipinski definition) is 3. The summed E-state index contributed by atoms with van der Waals surface area (Å²) >= 11 is 8.66. The van der Waals surface area contributed by atoms with Gasteiger partial charge in [0.15, 0.2) is 4.60 Å². The molecule has 0 saturated heterocycles. The van der Waals surface area contributed by atoms with E-state index in [0.29, 0.717) is 4.60 Å². The van der Waals surface area contributed by atoms with Gasteiger partial charge in [0.2, 0.25) is 5.78 Å². The maximum absolute atomic E-state index is 13.2. The quantitative estimate of drug-likeness (QED) is 0.800. The van der Waals surface area contributed by atoms with E-state index in [0.717, 1.165) is 6.07 Å². The van der Waals surface area contributed by atoms with E-state index in [4.69, 9.17) is 11.6 Å². The van der Waals surface area contributed by atoms with Gasteiger partial charge in [-0.25, -0.2) is 9.07 Å². The summed E-state index contributed by atoms with van der Waals surface area (Å²) in [6, 6.07) is 3.87. The second-order valence-corrected chi connectivity index (χ2v) is 4.47. The van der Waals surface area contributed by atoms with Gasteiger partial charge in [-0.15, -0.1) is 5.10 Å². The van der Waals surface area contributed by atoms with E-state index in [2.05, 4.69) is 26.2 Å². The zero-order chi connectivity index (χ0) is 12.6. The topological polar surface area (TPSA) is 47.8 Å². The van der Waals surface area contributed by atoms with Crippen molar-refractivity contribution in [1.29, 1.82) is 0 Å². The van der Waals surface area contributed by atoms with Gasteiger partial charge in [-0.2, -0.15) is 0 Å². The van der Waals surface area contributed by atoms with Crippen LogP contribution in [0.25, 0.3) is 0 Å². The highest BCUT2D eigenvalue weighted by atomic mass is 79.9. The predicted octanol–water partition coefficient (Wildman–Crippen LogP) is 2.60. The molecule has 0 saturated carbocycles. The van der Waals surface area contributed by atoms with Gasteiger partial charge in [-0.05, 0) is 34.1 Å². The van der Waals surface area contributed by atoms with Crippen molar-refractivity contribution in [3.05, 3.63) is 44.9 Å². The zero-order valence-corrected chi connectivity index (χ0v) is 11.0. The largest absolute Gasteiger partial charge is 0.287 e. The van der Waals surface area contributed by atoms with Gasteiger partial charge in [0, 0.05) is 12.6 Å². The molecule has 0 spiro atoms. The lowest BCUT2D eigenvalue weighted by molar-refractivity contribution is 0.102. The molecule has 1 heterocycles. The van der Waals surface area contributed by atoms with E-state index in [1.807, 2.05) is 0 Å². The Morgan fingerprint density at radius 2 is 2.24 bits per heavy atom. The van der Waals surface area contributed by atoms with Crippen LogP contribution >= 0.6 is 27.5 Å². The second-order valence-electron chi connectivity index (χ2n) is 3.31. The van der Waals surface area contributed by atoms with Crippen molar-refractivity contribution < 1.29 is 9.18 Å². The summed E-state index contributed by atoms with van der Waals surface area (Å²) in [4.78, 5) is 12.1. The van der Waals surface area contributed by atoms with Crippen molar-refractivity contribution in [3.63, 3.8) is 0 Å². The standard InChI is InChI=1S/C10H6BrClFN3O/c1-16-8(10(11)14-15-16)9(17)5-2-3-6(12)7(13)4-5/h2-4H,1H3. The van der Waals surface area contributed by atoms with Crippen molar-refractivity contribution in [2.45, 2.75) is 0 Å². The Morgan fingerprint density at radius 1 is 1.53 bits per heavy atom. The second kappa shape index (κ2) is 4.54. The van der Waals surface area contributed by atoms with Gasteiger partial charge < -0.3 is 0 Å². The molecular weight excluding hydrogens is 312 g/mol. The molecule has 88 valence electrons. The Labute approximate surface area is 110 Å². The molecule has 2 rings (SSSR count). The summed E-state index contributed by atoms with van der Waals surface area (Å²) in [6.45, 7) is 0. The molecule has 0 amide bonds. The summed E-state index contributed by atoms with van der Waals surface area (Å²) in [5, 5.41) is 7.35. The molecule has 1 aromatic heterocycles. The summed E-state index contributed by atoms with van der Waals surface area (Å²) in [5.41, 5.74) is 0.449. The summed E-state index contributed by atoms with van der Waals surface area (Å²) in [5.74, 6) is -1.01. The first-order valence-electron chi connectivity index (χ1n) is 4.55. The minimum atomic E-state index is -0.635. The van der Waals surface area contributed by atoms with Crippen molar-refractivity contribution in [1.82, 2.24) is 15.0 Å². The van der Waals surface area contributed by atoms with Crippen LogP contribution in [0.5, 0.6) is 0 Å². The number of aryl methyl sites for hydroxylation is 1. The predicted molar refractivity (Wildman–Crippen MR) is 63.5 cm³/mol. The molecule has 0 aliphatic rings. The third-order valence-corrected chi connectivity index (χ3v) is 3.02. The monoisotopic (exact) mass is 317 g/mol. The Morgan fingerprint density at radius 3 is 2.76 bits per heavy atom. The van der Waals surface area contributed by atoms with Crippen LogP contribution < -0.4 is 0 Å². The average molecular weight is 319 g/mol. The third-order valence-electron chi connectivity index (χ3n) is 2.18. The number of halogens is 3. The van der Waals surface area contributed by atoms with E-state index in [1.165, 1.54) is 16.8 Å². The van der Waals surface area contributed by atoms with E-state index in [1.54, 1.807) is 7.05 Å². The highest BCUT2D eigenvalue weighted by Gasteiger charge is 2.19. The molecule has 1 aromatic carbocycles. The molecule has 0 radical (unpaired) electrons. The summed E-state index contributed by atoms with van der Waals surface area (Å²) in [7, 11) is 1.58. The lowest BCUT2D eigenvalue weighted by Gasteiger charge is -2.02. The molecule has 2 aromatic rings. The van der Waals surface area contributed by atoms with Crippen LogP contribution in [-0.4, -0.2) is 20.8 Å². The van der Waals surface area contributed by atoms with Crippen LogP contribution in [0.4, 0.5) is 4.39 Å². The molecule has 4 nitrogen and oxygen atoms in total. The zero-order valence-electron chi connectivity index (χ0n) is 8.62. The molecule has 0 fully saturated rings. The van der Waals surface area contributed by atoms with Crippen LogP contribution in [0.15, 0.2) is 22.8 Å². The number of ketones is 1. The van der Waals surface area contributed by atoms with E-state index in [-0.39, 0.29) is 22.1 Å². The molecule has 0 aliphatic heterocycles. The summed E-state index contributed by atoms with van der Waals surface area (Å²) in [6.07, 6.45) is 0. The van der Waals surface area contributed by atoms with Crippen molar-refractivity contribution in [2.75, 3.05) is 0 Å². The average Bonchev–Trinajstić information content (AvgIpc) is 2.62. The van der Waals surface area contributed by atoms with Crippen LogP contribution in [0.3, 0.4) is 0 Å². The normalized spacial score (nSPS) is 10.6. The van der Waals surface area contributed by atoms with Crippen molar-refractivity contribution in [3.8, 4) is 0 Å². The highest BCUT2D eigenvalue weighted by Crippen LogP contribution is 2.20. The van der Waals surface area contributed by atoms with E-state index >= 15 is 0 Å². The van der Waals surface area contributed by atoms with Gasteiger partial charge in [0.25, 0.3) is 0 Å². The lowest BCUT2D eigenvalue weighted by atomic mass is 10.1. The van der Waals surface area contributed by atoms with E-state index in [9.17, 15) is 9.18 Å². The van der Waals surface area contributed by atoms with Gasteiger partial charge in [0.05, 0.1) is 5.02 Å². The number of hydrogen-bond donors (Lipinski definition) is 0. The first-order chi connectivity index (χ1) is 8.00. The molecule has 0 atom stereocenters. The number of carbonyl (C=O) groups is 1. The fourth-order valence-electron chi connectivity index (χ4n) is 1.35. The molecular formula is C10H6BrClFN3O. The lowest BCUT2D eigenvalue weighted by Crippen LogP contribution is -2.09. The number of benzene rings is 1. The summed E-state index contributed by atoms with van der Waals surface area (Å²) < 4.78 is 14.9. The van der Waals surface area contributed by atoms with Gasteiger partial charge in [-0.3, -0.25) is 4.79 Å². The third kappa shape index (κ3) is 2.23. The minimum Gasteiger partial charge on any atom is -0.287 e. The maximum Gasteiger partial charge on any atom is 0.213 e. The van der Waals surface area contributed by atoms with Crippen LogP contribution in [0.1, 0.15) is 16.1 Å². The van der Waals surface area contributed by atoms with Crippen LogP contribution in [0, 0.1) is 5.82 Å². The molecule has 0 N–H and O–H groups in total. The Balaban J connectivity index is 2.48. The Bertz CT molecular complexity index is 580. The molecule has 0 aliphatic carbocycles. The highest BCUT2D eigenvalue weighted by molar-refractivity contribution is 9.10.